The van der Waals surface area contributed by atoms with Gasteiger partial charge in [0.2, 0.25) is 0 Å². The van der Waals surface area contributed by atoms with Gasteiger partial charge in [-0.15, -0.1) is 0 Å². The molecule has 0 fully saturated rings. The monoisotopic (exact) mass is 361 g/mol. The first-order valence-corrected chi connectivity index (χ1v) is 7.94. The molecule has 0 saturated heterocycles. The van der Waals surface area contributed by atoms with E-state index < -0.39 is 11.9 Å². The van der Waals surface area contributed by atoms with Crippen molar-refractivity contribution in [1.82, 2.24) is 4.98 Å². The number of aromatic nitrogens is 1. The molecule has 3 aromatic rings. The van der Waals surface area contributed by atoms with Crippen molar-refractivity contribution >= 4 is 34.5 Å². The number of phenols is 1. The number of nitrogens with one attached hydrogen (secondary N) is 2. The van der Waals surface area contributed by atoms with Crippen molar-refractivity contribution in [1.29, 1.82) is 5.26 Å². The van der Waals surface area contributed by atoms with Crippen LogP contribution in [0.5, 0.6) is 5.75 Å². The molecule has 0 bridgehead atoms. The Morgan fingerprint density at radius 2 is 1.96 bits per heavy atom. The lowest BCUT2D eigenvalue weighted by molar-refractivity contribution is -0.112. The Labute approximate surface area is 154 Å². The second kappa shape index (κ2) is 7.45. The lowest BCUT2D eigenvalue weighted by Gasteiger charge is -2.05. The van der Waals surface area contributed by atoms with Gasteiger partial charge in [0.25, 0.3) is 5.91 Å². The van der Waals surface area contributed by atoms with Gasteiger partial charge in [-0.2, -0.15) is 5.26 Å². The van der Waals surface area contributed by atoms with E-state index in [0.717, 1.165) is 0 Å². The zero-order valence-corrected chi connectivity index (χ0v) is 14.3. The minimum atomic E-state index is -0.604. The Morgan fingerprint density at radius 3 is 2.63 bits per heavy atom. The van der Waals surface area contributed by atoms with Gasteiger partial charge < -0.3 is 20.1 Å². The van der Waals surface area contributed by atoms with E-state index in [1.165, 1.54) is 37.5 Å². The fraction of sp³-hybridized carbons (Fsp3) is 0.0500. The highest BCUT2D eigenvalue weighted by Gasteiger charge is 2.16. The van der Waals surface area contributed by atoms with Gasteiger partial charge in [0.15, 0.2) is 0 Å². The van der Waals surface area contributed by atoms with Crippen molar-refractivity contribution in [2.75, 3.05) is 12.4 Å². The first-order chi connectivity index (χ1) is 13.0. The number of H-pyrrole nitrogens is 1. The lowest BCUT2D eigenvalue weighted by Crippen LogP contribution is -2.13. The Kier molecular flexibility index (Phi) is 4.90. The third-order valence-corrected chi connectivity index (χ3v) is 3.93. The Morgan fingerprint density at radius 1 is 1.22 bits per heavy atom. The molecule has 3 N–H and O–H groups in total. The predicted molar refractivity (Wildman–Crippen MR) is 100.0 cm³/mol. The summed E-state index contributed by atoms with van der Waals surface area (Å²) in [6.45, 7) is 0. The first-order valence-electron chi connectivity index (χ1n) is 7.94. The zero-order chi connectivity index (χ0) is 19.4. The summed E-state index contributed by atoms with van der Waals surface area (Å²) in [5.41, 5.74) is 1.83. The van der Waals surface area contributed by atoms with Crippen LogP contribution in [0.25, 0.3) is 17.0 Å². The third-order valence-electron chi connectivity index (χ3n) is 3.93. The molecule has 0 aliphatic heterocycles. The zero-order valence-electron chi connectivity index (χ0n) is 14.3. The number of fused-ring (bicyclic) bond motifs is 1. The van der Waals surface area contributed by atoms with Crippen LogP contribution in [0.1, 0.15) is 15.9 Å². The van der Waals surface area contributed by atoms with E-state index in [4.69, 9.17) is 4.74 Å². The van der Waals surface area contributed by atoms with Crippen molar-refractivity contribution in [3.05, 3.63) is 65.4 Å². The van der Waals surface area contributed by atoms with E-state index >= 15 is 0 Å². The number of amides is 1. The molecule has 0 atom stereocenters. The smallest absolute Gasteiger partial charge is 0.338 e. The van der Waals surface area contributed by atoms with Gasteiger partial charge in [-0.25, -0.2) is 4.79 Å². The van der Waals surface area contributed by atoms with Crippen molar-refractivity contribution < 1.29 is 19.4 Å². The maximum Gasteiger partial charge on any atom is 0.338 e. The molecule has 7 heteroatoms. The van der Waals surface area contributed by atoms with Crippen LogP contribution in [-0.4, -0.2) is 29.1 Å². The molecule has 0 aliphatic rings. The van der Waals surface area contributed by atoms with E-state index in [2.05, 4.69) is 10.3 Å². The topological polar surface area (TPSA) is 115 Å². The third kappa shape index (κ3) is 3.65. The maximum absolute atomic E-state index is 12.4. The number of anilines is 1. The molecule has 27 heavy (non-hydrogen) atoms. The lowest BCUT2D eigenvalue weighted by atomic mass is 10.0. The number of hydrogen-bond donors (Lipinski definition) is 3. The molecular formula is C20H15N3O4. The number of methoxy groups -OCH3 is 1. The van der Waals surface area contributed by atoms with Crippen LogP contribution in [0.2, 0.25) is 0 Å². The summed E-state index contributed by atoms with van der Waals surface area (Å²) in [5, 5.41) is 21.8. The summed E-state index contributed by atoms with van der Waals surface area (Å²) in [6, 6.07) is 12.9. The van der Waals surface area contributed by atoms with Crippen LogP contribution < -0.4 is 5.32 Å². The maximum atomic E-state index is 12.4. The number of phenolic OH excluding ortho intramolecular Hbond substituents is 1. The molecule has 0 unspecified atom stereocenters. The highest BCUT2D eigenvalue weighted by molar-refractivity contribution is 6.12. The SMILES string of the molecule is COC(=O)c1cccc2[nH]cc(/C=C(\C#N)C(=O)Nc3ccc(O)cc3)c12. The summed E-state index contributed by atoms with van der Waals surface area (Å²) in [5.74, 6) is -1.05. The van der Waals surface area contributed by atoms with Gasteiger partial charge in [0.05, 0.1) is 12.7 Å². The van der Waals surface area contributed by atoms with E-state index in [-0.39, 0.29) is 11.3 Å². The van der Waals surface area contributed by atoms with Crippen LogP contribution >= 0.6 is 0 Å². The second-order valence-electron chi connectivity index (χ2n) is 5.63. The molecule has 134 valence electrons. The number of rotatable bonds is 4. The minimum absolute atomic E-state index is 0.0678. The number of esters is 1. The summed E-state index contributed by atoms with van der Waals surface area (Å²) in [4.78, 5) is 27.4. The number of benzene rings is 2. The number of aromatic hydroxyl groups is 1. The molecule has 1 heterocycles. The Hall–Kier alpha value is -4.05. The van der Waals surface area contributed by atoms with Crippen molar-refractivity contribution in [3.63, 3.8) is 0 Å². The van der Waals surface area contributed by atoms with Gasteiger partial charge >= 0.3 is 5.97 Å². The predicted octanol–water partition coefficient (Wildman–Crippen LogP) is 3.21. The van der Waals surface area contributed by atoms with E-state index in [1.54, 1.807) is 24.4 Å². The van der Waals surface area contributed by atoms with Gasteiger partial charge in [0, 0.05) is 28.4 Å². The molecule has 3 rings (SSSR count). The van der Waals surface area contributed by atoms with Crippen molar-refractivity contribution in [2.45, 2.75) is 0 Å². The average molecular weight is 361 g/mol. The Bertz CT molecular complexity index is 1090. The second-order valence-corrected chi connectivity index (χ2v) is 5.63. The summed E-state index contributed by atoms with van der Waals surface area (Å²) in [6.07, 6.45) is 3.02. The molecule has 1 amide bonds. The number of carbonyl (C=O) groups excluding carboxylic acids is 2. The molecule has 0 saturated carbocycles. The van der Waals surface area contributed by atoms with Crippen LogP contribution in [0.3, 0.4) is 0 Å². The molecule has 7 nitrogen and oxygen atoms in total. The summed E-state index contributed by atoms with van der Waals surface area (Å²) < 4.78 is 4.80. The molecule has 0 spiro atoms. The van der Waals surface area contributed by atoms with E-state index in [0.29, 0.717) is 27.7 Å². The molecule has 0 aliphatic carbocycles. The average Bonchev–Trinajstić information content (AvgIpc) is 3.10. The molecular weight excluding hydrogens is 346 g/mol. The van der Waals surface area contributed by atoms with E-state index in [1.807, 2.05) is 6.07 Å². The summed E-state index contributed by atoms with van der Waals surface area (Å²) >= 11 is 0. The number of carbonyl (C=O) groups is 2. The van der Waals surface area contributed by atoms with Gasteiger partial charge in [-0.05, 0) is 42.5 Å². The molecule has 2 aromatic carbocycles. The fourth-order valence-electron chi connectivity index (χ4n) is 2.65. The summed E-state index contributed by atoms with van der Waals surface area (Å²) in [7, 11) is 1.29. The minimum Gasteiger partial charge on any atom is -0.508 e. The number of nitrogens with zero attached hydrogens (tertiary/aromatic N) is 1. The van der Waals surface area contributed by atoms with Crippen LogP contribution in [-0.2, 0) is 9.53 Å². The number of nitriles is 1. The standard InChI is InChI=1S/C20H15N3O4/c1-27-20(26)16-3-2-4-17-18(16)13(11-22-17)9-12(10-21)19(25)23-14-5-7-15(24)8-6-14/h2-9,11,22,24H,1H3,(H,23,25)/b12-9+. The number of hydrogen-bond acceptors (Lipinski definition) is 5. The Balaban J connectivity index is 1.98. The van der Waals surface area contributed by atoms with Gasteiger partial charge in [0.1, 0.15) is 17.4 Å². The number of ether oxygens (including phenoxy) is 1. The number of aromatic amines is 1. The van der Waals surface area contributed by atoms with Gasteiger partial charge in [-0.1, -0.05) is 6.07 Å². The highest BCUT2D eigenvalue weighted by atomic mass is 16.5. The van der Waals surface area contributed by atoms with Crippen molar-refractivity contribution in [3.8, 4) is 11.8 Å². The quantitative estimate of drug-likeness (QED) is 0.286. The van der Waals surface area contributed by atoms with Crippen molar-refractivity contribution in [2.24, 2.45) is 0 Å². The normalized spacial score (nSPS) is 11.0. The van der Waals surface area contributed by atoms with Crippen LogP contribution in [0.15, 0.2) is 54.2 Å². The molecule has 1 aromatic heterocycles. The first kappa shape index (κ1) is 17.8. The highest BCUT2D eigenvalue weighted by Crippen LogP contribution is 2.25. The van der Waals surface area contributed by atoms with Crippen LogP contribution in [0.4, 0.5) is 5.69 Å². The van der Waals surface area contributed by atoms with Crippen LogP contribution in [0, 0.1) is 11.3 Å². The van der Waals surface area contributed by atoms with Gasteiger partial charge in [-0.3, -0.25) is 4.79 Å². The van der Waals surface area contributed by atoms with E-state index in [9.17, 15) is 20.0 Å². The molecule has 0 radical (unpaired) electrons. The largest absolute Gasteiger partial charge is 0.508 e. The fourth-order valence-corrected chi connectivity index (χ4v) is 2.65.